The van der Waals surface area contributed by atoms with E-state index in [1.807, 2.05) is 18.2 Å². The number of aryl methyl sites for hydroxylation is 1. The molecule has 0 N–H and O–H groups in total. The highest BCUT2D eigenvalue weighted by Gasteiger charge is 2.19. The van der Waals surface area contributed by atoms with Crippen molar-refractivity contribution >= 4 is 11.8 Å². The molecule has 21 heavy (non-hydrogen) atoms. The molecule has 3 rings (SSSR count). The van der Waals surface area contributed by atoms with Crippen LogP contribution in [0.15, 0.2) is 33.9 Å². The lowest BCUT2D eigenvalue weighted by molar-refractivity contribution is 0.224. The van der Waals surface area contributed by atoms with Crippen LogP contribution in [0.2, 0.25) is 0 Å². The van der Waals surface area contributed by atoms with Crippen LogP contribution in [0.3, 0.4) is 0 Å². The zero-order valence-corrected chi connectivity index (χ0v) is 13.4. The van der Waals surface area contributed by atoms with Gasteiger partial charge in [0.1, 0.15) is 0 Å². The summed E-state index contributed by atoms with van der Waals surface area (Å²) in [6, 6.07) is 8.10. The molecule has 5 heteroatoms. The van der Waals surface area contributed by atoms with Crippen molar-refractivity contribution in [1.29, 1.82) is 0 Å². The van der Waals surface area contributed by atoms with Gasteiger partial charge in [-0.15, -0.1) is 10.2 Å². The first-order valence-corrected chi connectivity index (χ1v) is 8.42. The van der Waals surface area contributed by atoms with Crippen LogP contribution in [0.4, 0.5) is 0 Å². The minimum Gasteiger partial charge on any atom is -0.411 e. The molecule has 1 unspecified atom stereocenters. The van der Waals surface area contributed by atoms with Crippen molar-refractivity contribution in [3.05, 3.63) is 29.8 Å². The van der Waals surface area contributed by atoms with Gasteiger partial charge in [-0.05, 0) is 50.9 Å². The fraction of sp³-hybridized carbons (Fsp3) is 0.500. The van der Waals surface area contributed by atoms with Crippen LogP contribution >= 0.6 is 11.8 Å². The lowest BCUT2D eigenvalue weighted by Crippen LogP contribution is -2.33. The first-order chi connectivity index (χ1) is 10.2. The van der Waals surface area contributed by atoms with Gasteiger partial charge in [0.15, 0.2) is 0 Å². The maximum Gasteiger partial charge on any atom is 0.276 e. The predicted molar refractivity (Wildman–Crippen MR) is 85.4 cm³/mol. The van der Waals surface area contributed by atoms with Gasteiger partial charge in [0, 0.05) is 17.9 Å². The summed E-state index contributed by atoms with van der Waals surface area (Å²) >= 11 is 1.68. The highest BCUT2D eigenvalue weighted by Crippen LogP contribution is 2.28. The zero-order chi connectivity index (χ0) is 14.7. The van der Waals surface area contributed by atoms with E-state index in [2.05, 4.69) is 35.1 Å². The second kappa shape index (κ2) is 6.62. The molecule has 1 aromatic heterocycles. The van der Waals surface area contributed by atoms with Crippen LogP contribution in [0.5, 0.6) is 0 Å². The van der Waals surface area contributed by atoms with Gasteiger partial charge in [0.25, 0.3) is 5.22 Å². The topological polar surface area (TPSA) is 42.2 Å². The van der Waals surface area contributed by atoms with Gasteiger partial charge in [0.05, 0.1) is 0 Å². The molecule has 1 aromatic carbocycles. The minimum atomic E-state index is 0.622. The van der Waals surface area contributed by atoms with E-state index in [1.54, 1.807) is 11.8 Å². The van der Waals surface area contributed by atoms with E-state index in [1.165, 1.54) is 25.9 Å². The van der Waals surface area contributed by atoms with E-state index in [9.17, 15) is 0 Å². The summed E-state index contributed by atoms with van der Waals surface area (Å²) in [5.74, 6) is 2.40. The van der Waals surface area contributed by atoms with Crippen LogP contribution in [0, 0.1) is 12.8 Å². The number of hydrogen-bond donors (Lipinski definition) is 0. The van der Waals surface area contributed by atoms with Crippen molar-refractivity contribution in [3.63, 3.8) is 0 Å². The molecule has 2 aromatic rings. The Morgan fingerprint density at radius 1 is 1.33 bits per heavy atom. The zero-order valence-electron chi connectivity index (χ0n) is 12.6. The maximum absolute atomic E-state index is 5.80. The summed E-state index contributed by atoms with van der Waals surface area (Å²) in [7, 11) is 2.19. The Labute approximate surface area is 129 Å². The molecule has 1 aliphatic rings. The summed E-state index contributed by atoms with van der Waals surface area (Å²) in [6.07, 6.45) is 2.59. The monoisotopic (exact) mass is 303 g/mol. The molecular weight excluding hydrogens is 282 g/mol. The molecule has 0 amide bonds. The van der Waals surface area contributed by atoms with Gasteiger partial charge in [0.2, 0.25) is 5.89 Å². The molecule has 0 bridgehead atoms. The Hall–Kier alpha value is -1.33. The largest absolute Gasteiger partial charge is 0.411 e. The lowest BCUT2D eigenvalue weighted by Gasteiger charge is -2.28. The van der Waals surface area contributed by atoms with Gasteiger partial charge >= 0.3 is 0 Å². The number of likely N-dealkylation sites (tertiary alicyclic amines) is 1. The van der Waals surface area contributed by atoms with Crippen molar-refractivity contribution in [1.82, 2.24) is 15.1 Å². The van der Waals surface area contributed by atoms with Gasteiger partial charge in [-0.2, -0.15) is 0 Å². The predicted octanol–water partition coefficient (Wildman–Crippen LogP) is 3.48. The first kappa shape index (κ1) is 14.6. The fourth-order valence-electron chi connectivity index (χ4n) is 2.79. The van der Waals surface area contributed by atoms with Gasteiger partial charge in [-0.3, -0.25) is 0 Å². The quantitative estimate of drug-likeness (QED) is 0.809. The molecule has 1 atom stereocenters. The third-order valence-electron chi connectivity index (χ3n) is 3.95. The Morgan fingerprint density at radius 3 is 3.00 bits per heavy atom. The number of hydrogen-bond acceptors (Lipinski definition) is 5. The van der Waals surface area contributed by atoms with Crippen molar-refractivity contribution in [2.75, 3.05) is 25.9 Å². The maximum atomic E-state index is 5.80. The van der Waals surface area contributed by atoms with Crippen LogP contribution in [0.25, 0.3) is 11.5 Å². The van der Waals surface area contributed by atoms with Crippen molar-refractivity contribution in [2.24, 2.45) is 5.92 Å². The third kappa shape index (κ3) is 3.66. The van der Waals surface area contributed by atoms with E-state index < -0.39 is 0 Å². The Morgan fingerprint density at radius 2 is 2.19 bits per heavy atom. The molecule has 4 nitrogen and oxygen atoms in total. The Bertz CT molecular complexity index is 599. The van der Waals surface area contributed by atoms with Crippen LogP contribution in [-0.4, -0.2) is 41.0 Å². The summed E-state index contributed by atoms with van der Waals surface area (Å²) in [4.78, 5) is 2.40. The molecule has 1 saturated heterocycles. The molecule has 0 spiro atoms. The normalized spacial score (nSPS) is 19.8. The molecule has 0 saturated carbocycles. The summed E-state index contributed by atoms with van der Waals surface area (Å²) in [6.45, 7) is 4.45. The minimum absolute atomic E-state index is 0.622. The third-order valence-corrected chi connectivity index (χ3v) is 5.00. The number of aromatic nitrogens is 2. The van der Waals surface area contributed by atoms with Crippen LogP contribution in [-0.2, 0) is 0 Å². The number of piperidine rings is 1. The highest BCUT2D eigenvalue weighted by molar-refractivity contribution is 7.99. The second-order valence-corrected chi connectivity index (χ2v) is 6.74. The van der Waals surface area contributed by atoms with E-state index in [0.29, 0.717) is 11.1 Å². The smallest absolute Gasteiger partial charge is 0.276 e. The van der Waals surface area contributed by atoms with Crippen molar-refractivity contribution in [3.8, 4) is 11.5 Å². The summed E-state index contributed by atoms with van der Waals surface area (Å²) in [5.41, 5.74) is 2.18. The van der Waals surface area contributed by atoms with Crippen LogP contribution in [0.1, 0.15) is 18.4 Å². The highest BCUT2D eigenvalue weighted by atomic mass is 32.2. The van der Waals surface area contributed by atoms with Gasteiger partial charge in [-0.25, -0.2) is 0 Å². The van der Waals surface area contributed by atoms with Crippen LogP contribution < -0.4 is 0 Å². The number of benzene rings is 1. The second-order valence-electron chi connectivity index (χ2n) is 5.77. The van der Waals surface area contributed by atoms with Crippen molar-refractivity contribution in [2.45, 2.75) is 25.0 Å². The number of nitrogens with zero attached hydrogens (tertiary/aromatic N) is 3. The summed E-state index contributed by atoms with van der Waals surface area (Å²) < 4.78 is 5.80. The molecular formula is C16H21N3OS. The molecule has 112 valence electrons. The average molecular weight is 303 g/mol. The number of rotatable bonds is 4. The van der Waals surface area contributed by atoms with Gasteiger partial charge < -0.3 is 9.32 Å². The molecule has 0 aliphatic carbocycles. The first-order valence-electron chi connectivity index (χ1n) is 7.43. The van der Waals surface area contributed by atoms with Gasteiger partial charge in [-0.1, -0.05) is 30.0 Å². The molecule has 0 radical (unpaired) electrons. The number of thioether (sulfide) groups is 1. The Balaban J connectivity index is 1.62. The average Bonchev–Trinajstić information content (AvgIpc) is 2.94. The van der Waals surface area contributed by atoms with E-state index >= 15 is 0 Å². The SMILES string of the molecule is Cc1ccccc1-c1nnc(SCC2CCCN(C)C2)o1. The lowest BCUT2D eigenvalue weighted by atomic mass is 10.0. The molecule has 1 aliphatic heterocycles. The molecule has 2 heterocycles. The summed E-state index contributed by atoms with van der Waals surface area (Å²) in [5, 5.41) is 9.03. The Kier molecular flexibility index (Phi) is 4.60. The van der Waals surface area contributed by atoms with E-state index in [4.69, 9.17) is 4.42 Å². The fourth-order valence-corrected chi connectivity index (χ4v) is 3.67. The van der Waals surface area contributed by atoms with E-state index in [0.717, 1.165) is 22.8 Å². The van der Waals surface area contributed by atoms with Crippen molar-refractivity contribution < 1.29 is 4.42 Å². The molecule has 1 fully saturated rings. The standard InChI is InChI=1S/C16H21N3OS/c1-12-6-3-4-8-14(12)15-17-18-16(20-15)21-11-13-7-5-9-19(2)10-13/h3-4,6,8,13H,5,7,9-11H2,1-2H3. The van der Waals surface area contributed by atoms with E-state index in [-0.39, 0.29) is 0 Å².